The highest BCUT2D eigenvalue weighted by Crippen LogP contribution is 2.24. The lowest BCUT2D eigenvalue weighted by Crippen LogP contribution is -2.25. The Kier molecular flexibility index (Phi) is 4.12. The summed E-state index contributed by atoms with van der Waals surface area (Å²) < 4.78 is 5.19. The van der Waals surface area contributed by atoms with E-state index in [-0.39, 0.29) is 5.91 Å². The van der Waals surface area contributed by atoms with Crippen molar-refractivity contribution in [2.24, 2.45) is 0 Å². The number of aromatic nitrogens is 1. The van der Waals surface area contributed by atoms with Gasteiger partial charge in [-0.2, -0.15) is 0 Å². The van der Waals surface area contributed by atoms with Gasteiger partial charge in [0.1, 0.15) is 0 Å². The summed E-state index contributed by atoms with van der Waals surface area (Å²) in [5.41, 5.74) is 1.50. The largest absolute Gasteiger partial charge is 0.355 e. The third-order valence-electron chi connectivity index (χ3n) is 3.05. The molecule has 0 bridgehead atoms. The average molecular weight is 298 g/mol. The van der Waals surface area contributed by atoms with Crippen molar-refractivity contribution < 1.29 is 9.32 Å². The first kappa shape index (κ1) is 13.6. The zero-order valence-corrected chi connectivity index (χ0v) is 12.1. The molecule has 0 aliphatic carbocycles. The highest BCUT2D eigenvalue weighted by molar-refractivity contribution is 7.13. The van der Waals surface area contributed by atoms with Crippen molar-refractivity contribution in [3.05, 3.63) is 65.2 Å². The molecule has 0 radical (unpaired) electrons. The molecule has 5 heteroatoms. The molecule has 21 heavy (non-hydrogen) atoms. The van der Waals surface area contributed by atoms with Crippen LogP contribution in [0, 0.1) is 0 Å². The van der Waals surface area contributed by atoms with Gasteiger partial charge in [-0.1, -0.05) is 41.6 Å². The Labute approximate surface area is 126 Å². The molecule has 0 spiro atoms. The molecule has 3 aromatic rings. The first-order valence-corrected chi connectivity index (χ1v) is 7.53. The van der Waals surface area contributed by atoms with E-state index in [2.05, 4.69) is 10.5 Å². The molecular formula is C16H14N2O2S. The molecule has 0 atom stereocenters. The Balaban J connectivity index is 1.56. The van der Waals surface area contributed by atoms with Gasteiger partial charge in [-0.25, -0.2) is 0 Å². The molecule has 2 aromatic heterocycles. The van der Waals surface area contributed by atoms with Crippen LogP contribution in [0.2, 0.25) is 0 Å². The van der Waals surface area contributed by atoms with Crippen molar-refractivity contribution in [3.8, 4) is 10.6 Å². The number of hydrogen-bond donors (Lipinski definition) is 1. The summed E-state index contributed by atoms with van der Waals surface area (Å²) in [6.07, 6.45) is 0.794. The van der Waals surface area contributed by atoms with Crippen molar-refractivity contribution in [2.75, 3.05) is 6.54 Å². The topological polar surface area (TPSA) is 55.1 Å². The fourth-order valence-electron chi connectivity index (χ4n) is 1.97. The third kappa shape index (κ3) is 3.38. The maximum Gasteiger partial charge on any atom is 0.273 e. The van der Waals surface area contributed by atoms with E-state index in [4.69, 9.17) is 4.52 Å². The summed E-state index contributed by atoms with van der Waals surface area (Å²) in [4.78, 5) is 13.0. The van der Waals surface area contributed by atoms with Crippen molar-refractivity contribution in [3.63, 3.8) is 0 Å². The molecule has 0 fully saturated rings. The van der Waals surface area contributed by atoms with Crippen LogP contribution in [-0.2, 0) is 6.42 Å². The molecule has 0 saturated heterocycles. The van der Waals surface area contributed by atoms with Gasteiger partial charge in [0.25, 0.3) is 5.91 Å². The van der Waals surface area contributed by atoms with E-state index in [1.165, 1.54) is 5.56 Å². The van der Waals surface area contributed by atoms with Crippen LogP contribution in [0.1, 0.15) is 16.1 Å². The number of amides is 1. The molecule has 1 amide bonds. The molecule has 106 valence electrons. The van der Waals surface area contributed by atoms with E-state index in [0.717, 1.165) is 11.3 Å². The van der Waals surface area contributed by atoms with Gasteiger partial charge in [-0.3, -0.25) is 4.79 Å². The van der Waals surface area contributed by atoms with Crippen LogP contribution in [0.5, 0.6) is 0 Å². The number of hydrogen-bond acceptors (Lipinski definition) is 4. The van der Waals surface area contributed by atoms with Crippen LogP contribution in [0.15, 0.2) is 58.4 Å². The van der Waals surface area contributed by atoms with Crippen LogP contribution in [0.4, 0.5) is 0 Å². The average Bonchev–Trinajstić information content (AvgIpc) is 3.19. The summed E-state index contributed by atoms with van der Waals surface area (Å²) in [6, 6.07) is 15.6. The third-order valence-corrected chi connectivity index (χ3v) is 3.93. The Bertz CT molecular complexity index is 705. The van der Waals surface area contributed by atoms with Crippen LogP contribution < -0.4 is 5.32 Å². The quantitative estimate of drug-likeness (QED) is 0.785. The summed E-state index contributed by atoms with van der Waals surface area (Å²) in [5.74, 6) is 0.413. The van der Waals surface area contributed by atoms with Crippen molar-refractivity contribution in [1.82, 2.24) is 10.5 Å². The van der Waals surface area contributed by atoms with Crippen LogP contribution in [-0.4, -0.2) is 17.6 Å². The maximum atomic E-state index is 12.0. The SMILES string of the molecule is O=C(NCCc1ccccc1)c1cc(-c2cccs2)on1. The lowest BCUT2D eigenvalue weighted by atomic mass is 10.1. The van der Waals surface area contributed by atoms with Gasteiger partial charge in [0.2, 0.25) is 0 Å². The van der Waals surface area contributed by atoms with E-state index in [9.17, 15) is 4.79 Å². The Hall–Kier alpha value is -2.40. The van der Waals surface area contributed by atoms with E-state index in [1.807, 2.05) is 47.8 Å². The number of benzene rings is 1. The number of carbonyl (C=O) groups excluding carboxylic acids is 1. The lowest BCUT2D eigenvalue weighted by Gasteiger charge is -2.02. The monoisotopic (exact) mass is 298 g/mol. The molecule has 0 unspecified atom stereocenters. The lowest BCUT2D eigenvalue weighted by molar-refractivity contribution is 0.0945. The normalized spacial score (nSPS) is 10.5. The van der Waals surface area contributed by atoms with E-state index < -0.39 is 0 Å². The minimum atomic E-state index is -0.211. The van der Waals surface area contributed by atoms with E-state index >= 15 is 0 Å². The van der Waals surface area contributed by atoms with Gasteiger partial charge in [0, 0.05) is 12.6 Å². The maximum absolute atomic E-state index is 12.0. The highest BCUT2D eigenvalue weighted by atomic mass is 32.1. The fourth-order valence-corrected chi connectivity index (χ4v) is 2.65. The van der Waals surface area contributed by atoms with Gasteiger partial charge < -0.3 is 9.84 Å². The number of rotatable bonds is 5. The fraction of sp³-hybridized carbons (Fsp3) is 0.125. The molecular weight excluding hydrogens is 284 g/mol. The second kappa shape index (κ2) is 6.37. The highest BCUT2D eigenvalue weighted by Gasteiger charge is 2.13. The van der Waals surface area contributed by atoms with Crippen LogP contribution in [0.25, 0.3) is 10.6 Å². The Morgan fingerprint density at radius 3 is 2.81 bits per heavy atom. The van der Waals surface area contributed by atoms with Gasteiger partial charge >= 0.3 is 0 Å². The Morgan fingerprint density at radius 1 is 1.19 bits per heavy atom. The molecule has 4 nitrogen and oxygen atoms in total. The van der Waals surface area contributed by atoms with Crippen molar-refractivity contribution >= 4 is 17.2 Å². The molecule has 1 aromatic carbocycles. The van der Waals surface area contributed by atoms with Crippen LogP contribution >= 0.6 is 11.3 Å². The predicted octanol–water partition coefficient (Wildman–Crippen LogP) is 3.38. The molecule has 1 N–H and O–H groups in total. The smallest absolute Gasteiger partial charge is 0.273 e. The zero-order valence-electron chi connectivity index (χ0n) is 11.3. The van der Waals surface area contributed by atoms with Crippen molar-refractivity contribution in [1.29, 1.82) is 0 Å². The van der Waals surface area contributed by atoms with E-state index in [1.54, 1.807) is 17.4 Å². The number of carbonyl (C=O) groups is 1. The summed E-state index contributed by atoms with van der Waals surface area (Å²) in [6.45, 7) is 0.573. The van der Waals surface area contributed by atoms with Gasteiger partial charge in [-0.15, -0.1) is 11.3 Å². The molecule has 2 heterocycles. The van der Waals surface area contributed by atoms with Gasteiger partial charge in [0.05, 0.1) is 4.88 Å². The first-order valence-electron chi connectivity index (χ1n) is 6.65. The molecule has 3 rings (SSSR count). The Morgan fingerprint density at radius 2 is 2.05 bits per heavy atom. The number of nitrogens with one attached hydrogen (secondary N) is 1. The van der Waals surface area contributed by atoms with Crippen LogP contribution in [0.3, 0.4) is 0 Å². The summed E-state index contributed by atoms with van der Waals surface area (Å²) in [5, 5.41) is 8.62. The van der Waals surface area contributed by atoms with Gasteiger partial charge in [0.15, 0.2) is 11.5 Å². The van der Waals surface area contributed by atoms with Crippen molar-refractivity contribution in [2.45, 2.75) is 6.42 Å². The zero-order chi connectivity index (χ0) is 14.5. The van der Waals surface area contributed by atoms with E-state index in [0.29, 0.717) is 18.0 Å². The second-order valence-corrected chi connectivity index (χ2v) is 5.49. The number of nitrogens with zero attached hydrogens (tertiary/aromatic N) is 1. The minimum absolute atomic E-state index is 0.211. The molecule has 0 aliphatic heterocycles. The molecule has 0 aliphatic rings. The van der Waals surface area contributed by atoms with Gasteiger partial charge in [-0.05, 0) is 23.4 Å². The second-order valence-electron chi connectivity index (χ2n) is 4.55. The standard InChI is InChI=1S/C16H14N2O2S/c19-16(17-9-8-12-5-2-1-3-6-12)13-11-14(20-18-13)15-7-4-10-21-15/h1-7,10-11H,8-9H2,(H,17,19). The molecule has 0 saturated carbocycles. The number of thiophene rings is 1. The summed E-state index contributed by atoms with van der Waals surface area (Å²) in [7, 11) is 0. The predicted molar refractivity (Wildman–Crippen MR) is 82.3 cm³/mol. The summed E-state index contributed by atoms with van der Waals surface area (Å²) >= 11 is 1.55. The minimum Gasteiger partial charge on any atom is -0.355 e. The first-order chi connectivity index (χ1) is 10.3.